The Morgan fingerprint density at radius 1 is 1.14 bits per heavy atom. The first-order chi connectivity index (χ1) is 13.5. The van der Waals surface area contributed by atoms with Crippen molar-refractivity contribution < 1.29 is 19.1 Å². The largest absolute Gasteiger partial charge is 0.465 e. The second-order valence-corrected chi connectivity index (χ2v) is 7.53. The van der Waals surface area contributed by atoms with Gasteiger partial charge < -0.3 is 15.0 Å². The third kappa shape index (κ3) is 4.72. The number of aryl methyl sites for hydroxylation is 1. The van der Waals surface area contributed by atoms with Crippen LogP contribution in [-0.4, -0.2) is 42.9 Å². The van der Waals surface area contributed by atoms with E-state index in [9.17, 15) is 14.4 Å². The lowest BCUT2D eigenvalue weighted by Gasteiger charge is -2.17. The number of thioether (sulfide) groups is 1. The summed E-state index contributed by atoms with van der Waals surface area (Å²) >= 11 is 1.29. The number of hydrogen-bond donors (Lipinski definition) is 1. The summed E-state index contributed by atoms with van der Waals surface area (Å²) in [5, 5.41) is 2.84. The third-order valence-corrected chi connectivity index (χ3v) is 5.38. The lowest BCUT2D eigenvalue weighted by Crippen LogP contribution is -2.31. The summed E-state index contributed by atoms with van der Waals surface area (Å²) in [6, 6.07) is 12.8. The molecule has 7 heteroatoms. The average Bonchev–Trinajstić information content (AvgIpc) is 3.10. The first-order valence-corrected chi connectivity index (χ1v) is 10.1. The quantitative estimate of drug-likeness (QED) is 0.757. The number of esters is 1. The Balaban J connectivity index is 1.51. The number of ether oxygens (including phenoxy) is 1. The SMILES string of the molecule is COC(=O)c1ccc2c(c1)CCN2C(=O)CSCC(=O)Nc1cccc(C)c1. The number of methoxy groups -OCH3 is 1. The molecule has 0 saturated carbocycles. The molecular formula is C21H22N2O4S. The number of carbonyl (C=O) groups excluding carboxylic acids is 3. The van der Waals surface area contributed by atoms with E-state index < -0.39 is 0 Å². The molecule has 146 valence electrons. The van der Waals surface area contributed by atoms with Crippen molar-refractivity contribution in [3.63, 3.8) is 0 Å². The van der Waals surface area contributed by atoms with E-state index in [-0.39, 0.29) is 29.3 Å². The molecule has 0 unspecified atom stereocenters. The normalized spacial score (nSPS) is 12.4. The number of hydrogen-bond acceptors (Lipinski definition) is 5. The Hall–Kier alpha value is -2.80. The highest BCUT2D eigenvalue weighted by molar-refractivity contribution is 8.00. The number of fused-ring (bicyclic) bond motifs is 1. The molecular weight excluding hydrogens is 376 g/mol. The van der Waals surface area contributed by atoms with Gasteiger partial charge in [-0.2, -0.15) is 0 Å². The Bertz CT molecular complexity index is 913. The molecule has 0 aromatic heterocycles. The number of nitrogens with one attached hydrogen (secondary N) is 1. The summed E-state index contributed by atoms with van der Waals surface area (Å²) in [5.41, 5.74) is 4.09. The molecule has 3 rings (SSSR count). The molecule has 2 aromatic carbocycles. The molecule has 0 aliphatic carbocycles. The highest BCUT2D eigenvalue weighted by Crippen LogP contribution is 2.29. The molecule has 1 heterocycles. The topological polar surface area (TPSA) is 75.7 Å². The fourth-order valence-electron chi connectivity index (χ4n) is 3.13. The summed E-state index contributed by atoms with van der Waals surface area (Å²) in [6.45, 7) is 2.54. The van der Waals surface area contributed by atoms with Crippen LogP contribution < -0.4 is 10.2 Å². The van der Waals surface area contributed by atoms with Crippen molar-refractivity contribution in [1.29, 1.82) is 0 Å². The molecule has 1 aliphatic rings. The van der Waals surface area contributed by atoms with Gasteiger partial charge in [-0.3, -0.25) is 9.59 Å². The first-order valence-electron chi connectivity index (χ1n) is 8.94. The molecule has 0 atom stereocenters. The van der Waals surface area contributed by atoms with Crippen LogP contribution in [0.5, 0.6) is 0 Å². The van der Waals surface area contributed by atoms with E-state index in [4.69, 9.17) is 4.74 Å². The number of amides is 2. The van der Waals surface area contributed by atoms with Crippen LogP contribution in [0.1, 0.15) is 21.5 Å². The zero-order chi connectivity index (χ0) is 20.1. The summed E-state index contributed by atoms with van der Waals surface area (Å²) in [5.74, 6) is -0.130. The highest BCUT2D eigenvalue weighted by atomic mass is 32.2. The van der Waals surface area contributed by atoms with Gasteiger partial charge in [0.15, 0.2) is 0 Å². The van der Waals surface area contributed by atoms with Crippen LogP contribution in [0.2, 0.25) is 0 Å². The molecule has 2 amide bonds. The van der Waals surface area contributed by atoms with Gasteiger partial charge in [-0.05, 0) is 54.8 Å². The molecule has 1 aliphatic heterocycles. The van der Waals surface area contributed by atoms with Gasteiger partial charge in [0.1, 0.15) is 0 Å². The zero-order valence-corrected chi connectivity index (χ0v) is 16.7. The van der Waals surface area contributed by atoms with Crippen molar-refractivity contribution in [3.05, 3.63) is 59.2 Å². The minimum absolute atomic E-state index is 0.0436. The third-order valence-electron chi connectivity index (χ3n) is 4.46. The number of benzene rings is 2. The average molecular weight is 398 g/mol. The lowest BCUT2D eigenvalue weighted by atomic mass is 10.1. The summed E-state index contributed by atoms with van der Waals surface area (Å²) < 4.78 is 4.73. The molecule has 2 aromatic rings. The minimum Gasteiger partial charge on any atom is -0.465 e. The van der Waals surface area contributed by atoms with Crippen LogP contribution in [0.25, 0.3) is 0 Å². The highest BCUT2D eigenvalue weighted by Gasteiger charge is 2.25. The number of rotatable bonds is 6. The molecule has 28 heavy (non-hydrogen) atoms. The van der Waals surface area contributed by atoms with Crippen LogP contribution in [0, 0.1) is 6.92 Å². The fraction of sp³-hybridized carbons (Fsp3) is 0.286. The minimum atomic E-state index is -0.386. The Labute approximate surface area is 168 Å². The van der Waals surface area contributed by atoms with Gasteiger partial charge in [-0.15, -0.1) is 11.8 Å². The van der Waals surface area contributed by atoms with E-state index in [1.165, 1.54) is 18.9 Å². The Morgan fingerprint density at radius 2 is 1.96 bits per heavy atom. The lowest BCUT2D eigenvalue weighted by molar-refractivity contribution is -0.116. The maximum atomic E-state index is 12.5. The van der Waals surface area contributed by atoms with Gasteiger partial charge in [0.25, 0.3) is 0 Å². The Morgan fingerprint density at radius 3 is 2.71 bits per heavy atom. The van der Waals surface area contributed by atoms with E-state index in [0.29, 0.717) is 18.5 Å². The van der Waals surface area contributed by atoms with Gasteiger partial charge in [0.2, 0.25) is 11.8 Å². The van der Waals surface area contributed by atoms with E-state index in [1.807, 2.05) is 31.2 Å². The fourth-order valence-corrected chi connectivity index (χ4v) is 3.82. The van der Waals surface area contributed by atoms with Crippen LogP contribution in [0.4, 0.5) is 11.4 Å². The van der Waals surface area contributed by atoms with Crippen LogP contribution in [0.3, 0.4) is 0 Å². The first kappa shape index (κ1) is 19.9. The monoisotopic (exact) mass is 398 g/mol. The molecule has 0 spiro atoms. The number of carbonyl (C=O) groups is 3. The van der Waals surface area contributed by atoms with Gasteiger partial charge in [-0.1, -0.05) is 12.1 Å². The molecule has 0 fully saturated rings. The second-order valence-electron chi connectivity index (χ2n) is 6.54. The molecule has 1 N–H and O–H groups in total. The van der Waals surface area contributed by atoms with E-state index in [1.54, 1.807) is 23.1 Å². The van der Waals surface area contributed by atoms with Crippen molar-refractivity contribution in [1.82, 2.24) is 0 Å². The second kappa shape index (κ2) is 8.93. The van der Waals surface area contributed by atoms with Gasteiger partial charge in [-0.25, -0.2) is 4.79 Å². The molecule has 0 bridgehead atoms. The van der Waals surface area contributed by atoms with Crippen molar-refractivity contribution in [2.24, 2.45) is 0 Å². The van der Waals surface area contributed by atoms with Crippen molar-refractivity contribution >= 4 is 40.9 Å². The Kier molecular flexibility index (Phi) is 6.36. The summed E-state index contributed by atoms with van der Waals surface area (Å²) in [6.07, 6.45) is 0.699. The summed E-state index contributed by atoms with van der Waals surface area (Å²) in [7, 11) is 1.34. The van der Waals surface area contributed by atoms with Crippen molar-refractivity contribution in [2.45, 2.75) is 13.3 Å². The van der Waals surface area contributed by atoms with E-state index in [0.717, 1.165) is 22.5 Å². The van der Waals surface area contributed by atoms with Crippen molar-refractivity contribution in [3.8, 4) is 0 Å². The van der Waals surface area contributed by atoms with Crippen LogP contribution in [-0.2, 0) is 20.7 Å². The predicted octanol–water partition coefficient (Wildman–Crippen LogP) is 3.04. The van der Waals surface area contributed by atoms with Gasteiger partial charge >= 0.3 is 5.97 Å². The standard InChI is InChI=1S/C21H22N2O4S/c1-14-4-3-5-17(10-14)22-19(24)12-28-13-20(25)23-9-8-15-11-16(21(26)27-2)6-7-18(15)23/h3-7,10-11H,8-9,12-13H2,1-2H3,(H,22,24). The van der Waals surface area contributed by atoms with E-state index in [2.05, 4.69) is 5.32 Å². The number of nitrogens with zero attached hydrogens (tertiary/aromatic N) is 1. The van der Waals surface area contributed by atoms with E-state index >= 15 is 0 Å². The maximum absolute atomic E-state index is 12.5. The predicted molar refractivity (Wildman–Crippen MR) is 111 cm³/mol. The van der Waals surface area contributed by atoms with Gasteiger partial charge in [0.05, 0.1) is 24.2 Å². The van der Waals surface area contributed by atoms with Crippen LogP contribution >= 0.6 is 11.8 Å². The smallest absolute Gasteiger partial charge is 0.337 e. The maximum Gasteiger partial charge on any atom is 0.337 e. The van der Waals surface area contributed by atoms with Gasteiger partial charge in [0, 0.05) is 17.9 Å². The van der Waals surface area contributed by atoms with Crippen molar-refractivity contribution in [2.75, 3.05) is 35.4 Å². The zero-order valence-electron chi connectivity index (χ0n) is 15.9. The summed E-state index contributed by atoms with van der Waals surface area (Å²) in [4.78, 5) is 38.0. The molecule has 0 radical (unpaired) electrons. The van der Waals surface area contributed by atoms with Crippen LogP contribution in [0.15, 0.2) is 42.5 Å². The molecule has 0 saturated heterocycles. The number of anilines is 2. The molecule has 6 nitrogen and oxygen atoms in total.